The fourth-order valence-corrected chi connectivity index (χ4v) is 8.97. The number of hydrogen-bond donors (Lipinski definition) is 2. The zero-order valence-electron chi connectivity index (χ0n) is 17.9. The van der Waals surface area contributed by atoms with E-state index in [1.165, 1.54) is 0 Å². The highest BCUT2D eigenvalue weighted by Crippen LogP contribution is 2.48. The number of hydrogen-bond acceptors (Lipinski definition) is 4. The van der Waals surface area contributed by atoms with Gasteiger partial charge in [-0.25, -0.2) is 9.59 Å². The summed E-state index contributed by atoms with van der Waals surface area (Å²) in [5, 5.41) is 18.7. The second-order valence-corrected chi connectivity index (χ2v) is 16.9. The van der Waals surface area contributed by atoms with Gasteiger partial charge in [0.25, 0.3) is 0 Å². The highest BCUT2D eigenvalue weighted by atomic mass is 28.4. The molecule has 1 unspecified atom stereocenters. The second-order valence-electron chi connectivity index (χ2n) is 8.90. The molecule has 2 N–H and O–H groups in total. The summed E-state index contributed by atoms with van der Waals surface area (Å²) in [7, 11) is -3.30. The summed E-state index contributed by atoms with van der Waals surface area (Å²) in [4.78, 5) is 24.4. The summed E-state index contributed by atoms with van der Waals surface area (Å²) in [6, 6.07) is 0. The Labute approximate surface area is 164 Å². The van der Waals surface area contributed by atoms with Crippen molar-refractivity contribution in [2.24, 2.45) is 17.3 Å². The topological polar surface area (TPSA) is 93.1 Å². The first-order chi connectivity index (χ1) is 11.5. The fourth-order valence-electron chi connectivity index (χ4n) is 3.13. The Hall–Kier alpha value is -0.749. The van der Waals surface area contributed by atoms with Crippen LogP contribution in [0.3, 0.4) is 0 Å². The molecule has 6 nitrogen and oxygen atoms in total. The van der Waals surface area contributed by atoms with Crippen LogP contribution in [0.4, 0.5) is 0 Å². The third kappa shape index (κ3) is 5.38. The van der Waals surface area contributed by atoms with Crippen molar-refractivity contribution >= 4 is 40.5 Å². The van der Waals surface area contributed by atoms with E-state index < -0.39 is 46.6 Å². The molecule has 0 aromatic rings. The Morgan fingerprint density at radius 3 is 1.73 bits per heavy atom. The normalized spacial score (nSPS) is 17.0. The van der Waals surface area contributed by atoms with E-state index in [0.29, 0.717) is 10.5 Å². The fraction of sp³-hybridized carbons (Fsp3) is 0.765. The number of carboxylic acids is 2. The van der Waals surface area contributed by atoms with Crippen molar-refractivity contribution in [1.29, 1.82) is 0 Å². The largest absolute Gasteiger partial charge is 0.478 e. The predicted molar refractivity (Wildman–Crippen MR) is 112 cm³/mol. The lowest BCUT2D eigenvalue weighted by Crippen LogP contribution is -2.62. The number of carbonyl (C=O) groups is 2. The van der Waals surface area contributed by atoms with Gasteiger partial charge in [0.05, 0.1) is 11.1 Å². The highest BCUT2D eigenvalue weighted by molar-refractivity contribution is 6.70. The van der Waals surface area contributed by atoms with E-state index in [0.717, 1.165) is 0 Å². The molecule has 0 rings (SSSR count). The molecule has 0 saturated carbocycles. The van der Waals surface area contributed by atoms with Crippen molar-refractivity contribution in [1.82, 2.24) is 0 Å². The number of rotatable bonds is 10. The minimum atomic E-state index is -2.23. The number of carboxylic acid groups (broad SMARTS) is 2. The smallest absolute Gasteiger partial charge is 0.334 e. The molecular weight excluding hydrogens is 384 g/mol. The highest BCUT2D eigenvalue weighted by Gasteiger charge is 2.56. The lowest BCUT2D eigenvalue weighted by atomic mass is 9.71. The average molecular weight is 421 g/mol. The zero-order valence-corrected chi connectivity index (χ0v) is 22.3. The van der Waals surface area contributed by atoms with Gasteiger partial charge in [0.1, 0.15) is 15.7 Å². The van der Waals surface area contributed by atoms with Crippen molar-refractivity contribution in [2.45, 2.75) is 66.4 Å². The molecule has 0 aliphatic carbocycles. The van der Waals surface area contributed by atoms with E-state index in [9.17, 15) is 19.8 Å². The Bertz CT molecular complexity index is 563. The summed E-state index contributed by atoms with van der Waals surface area (Å²) in [5.41, 5.74) is -0.813. The summed E-state index contributed by atoms with van der Waals surface area (Å²) in [6.07, 6.45) is 0. The molecule has 0 spiro atoms. The molecule has 0 amide bonds. The zero-order chi connectivity index (χ0) is 21.1. The standard InChI is InChI=1S/C17H36O6Si3/c1-10(2)12(14(18)19)13(15(20)21)17(25-23-24,22-26(7,8)9)16(5,6)11(3)4/h10-11H,25H2,1-9,24H3,(H,18,19)(H,20,21)/b13-12-. The first kappa shape index (κ1) is 25.3. The van der Waals surface area contributed by atoms with E-state index in [4.69, 9.17) is 8.54 Å². The van der Waals surface area contributed by atoms with Gasteiger partial charge in [-0.3, -0.25) is 0 Å². The molecule has 1 atom stereocenters. The molecule has 0 fully saturated rings. The van der Waals surface area contributed by atoms with E-state index in [1.54, 1.807) is 13.8 Å². The van der Waals surface area contributed by atoms with E-state index >= 15 is 0 Å². The van der Waals surface area contributed by atoms with Crippen molar-refractivity contribution in [3.63, 3.8) is 0 Å². The number of aliphatic carboxylic acids is 2. The molecule has 0 saturated heterocycles. The molecule has 0 aliphatic heterocycles. The summed E-state index contributed by atoms with van der Waals surface area (Å²) in [5.74, 6) is -2.81. The summed E-state index contributed by atoms with van der Waals surface area (Å²) in [6.45, 7) is 17.4. The van der Waals surface area contributed by atoms with Gasteiger partial charge in [-0.2, -0.15) is 0 Å². The maximum Gasteiger partial charge on any atom is 0.334 e. The Morgan fingerprint density at radius 1 is 1.04 bits per heavy atom. The van der Waals surface area contributed by atoms with E-state index in [-0.39, 0.29) is 17.1 Å². The molecular formula is C17H36O6Si3. The molecule has 0 heterocycles. The molecule has 9 heteroatoms. The molecule has 0 aromatic heterocycles. The van der Waals surface area contributed by atoms with Crippen LogP contribution < -0.4 is 0 Å². The average Bonchev–Trinajstić information content (AvgIpc) is 2.40. The first-order valence-electron chi connectivity index (χ1n) is 8.95. The Balaban J connectivity index is 7.31. The molecule has 0 radical (unpaired) electrons. The minimum absolute atomic E-state index is 0.0692. The van der Waals surface area contributed by atoms with Crippen LogP contribution in [0.5, 0.6) is 0 Å². The van der Waals surface area contributed by atoms with Gasteiger partial charge in [0.15, 0.2) is 18.1 Å². The molecule has 0 aliphatic rings. The molecule has 0 bridgehead atoms. The van der Waals surface area contributed by atoms with Crippen LogP contribution in [-0.2, 0) is 18.1 Å². The van der Waals surface area contributed by atoms with Crippen molar-refractivity contribution < 1.29 is 28.3 Å². The summed E-state index contributed by atoms with van der Waals surface area (Å²) >= 11 is 0. The van der Waals surface area contributed by atoms with E-state index in [1.807, 2.05) is 47.3 Å². The van der Waals surface area contributed by atoms with Gasteiger partial charge in [-0.15, -0.1) is 0 Å². The van der Waals surface area contributed by atoms with Crippen LogP contribution >= 0.6 is 0 Å². The third-order valence-electron chi connectivity index (χ3n) is 5.01. The monoisotopic (exact) mass is 420 g/mol. The van der Waals surface area contributed by atoms with Crippen molar-refractivity contribution in [3.8, 4) is 0 Å². The van der Waals surface area contributed by atoms with Gasteiger partial charge in [-0.05, 0) is 36.9 Å². The van der Waals surface area contributed by atoms with Crippen LogP contribution in [0.2, 0.25) is 19.6 Å². The maximum absolute atomic E-state index is 12.4. The molecule has 152 valence electrons. The SMILES string of the molecule is CC(C)/C(C(=O)O)=C(\C(=O)O)C(O[Si](C)(C)C)([SiH2]O[SiH3])C(C)(C)C(C)C. The molecule has 0 aromatic carbocycles. The van der Waals surface area contributed by atoms with Crippen LogP contribution in [-0.4, -0.2) is 55.9 Å². The first-order valence-corrected chi connectivity index (χ1v) is 14.5. The van der Waals surface area contributed by atoms with Crippen LogP contribution in [0.15, 0.2) is 11.1 Å². The van der Waals surface area contributed by atoms with Gasteiger partial charge < -0.3 is 18.8 Å². The van der Waals surface area contributed by atoms with Crippen molar-refractivity contribution in [3.05, 3.63) is 11.1 Å². The quantitative estimate of drug-likeness (QED) is 0.413. The van der Waals surface area contributed by atoms with Gasteiger partial charge in [0, 0.05) is 0 Å². The van der Waals surface area contributed by atoms with Gasteiger partial charge >= 0.3 is 11.9 Å². The van der Waals surface area contributed by atoms with Gasteiger partial charge in [-0.1, -0.05) is 41.5 Å². The van der Waals surface area contributed by atoms with Crippen molar-refractivity contribution in [2.75, 3.05) is 0 Å². The lowest BCUT2D eigenvalue weighted by molar-refractivity contribution is -0.139. The van der Waals surface area contributed by atoms with Crippen LogP contribution in [0.25, 0.3) is 0 Å². The van der Waals surface area contributed by atoms with Crippen LogP contribution in [0.1, 0.15) is 41.5 Å². The van der Waals surface area contributed by atoms with E-state index in [2.05, 4.69) is 0 Å². The van der Waals surface area contributed by atoms with Crippen LogP contribution in [0, 0.1) is 17.3 Å². The third-order valence-corrected chi connectivity index (χ3v) is 9.23. The lowest BCUT2D eigenvalue weighted by Gasteiger charge is -2.52. The maximum atomic E-state index is 12.4. The Morgan fingerprint density at radius 2 is 1.50 bits per heavy atom. The minimum Gasteiger partial charge on any atom is -0.478 e. The second kappa shape index (κ2) is 8.96. The molecule has 26 heavy (non-hydrogen) atoms. The summed E-state index contributed by atoms with van der Waals surface area (Å²) < 4.78 is 12.3. The predicted octanol–water partition coefficient (Wildman–Crippen LogP) is 1.72. The Kier molecular flexibility index (Phi) is 8.70. The van der Waals surface area contributed by atoms with Gasteiger partial charge in [0.2, 0.25) is 0 Å².